The second kappa shape index (κ2) is 10.9. The fourth-order valence-corrected chi connectivity index (χ4v) is 8.10. The van der Waals surface area contributed by atoms with Gasteiger partial charge in [-0.05, 0) is 90.8 Å². The van der Waals surface area contributed by atoms with Gasteiger partial charge >= 0.3 is 0 Å². The van der Waals surface area contributed by atoms with E-state index in [0.29, 0.717) is 23.8 Å². The van der Waals surface area contributed by atoms with Gasteiger partial charge in [-0.15, -0.1) is 0 Å². The predicted molar refractivity (Wildman–Crippen MR) is 140 cm³/mol. The minimum atomic E-state index is -3.81. The number of fused-ring (bicyclic) bond motifs is 1. The summed E-state index contributed by atoms with van der Waals surface area (Å²) in [4.78, 5) is 0.205. The molecule has 0 amide bonds. The molecule has 2 aliphatic rings. The lowest BCUT2D eigenvalue weighted by Crippen LogP contribution is -2.46. The van der Waals surface area contributed by atoms with Crippen molar-refractivity contribution in [3.05, 3.63) is 53.1 Å². The number of anilines is 1. The minimum absolute atomic E-state index is 0.109. The highest BCUT2D eigenvalue weighted by Crippen LogP contribution is 2.39. The van der Waals surface area contributed by atoms with E-state index in [9.17, 15) is 13.5 Å². The molecule has 2 aromatic carbocycles. The third kappa shape index (κ3) is 5.26. The summed E-state index contributed by atoms with van der Waals surface area (Å²) in [6.45, 7) is 6.62. The number of nitrogens with zero attached hydrogens (tertiary/aromatic N) is 1. The Bertz CT molecular complexity index is 1090. The number of rotatable bonds is 8. The molecule has 1 saturated heterocycles. The highest BCUT2D eigenvalue weighted by Gasteiger charge is 2.37. The number of thioether (sulfide) groups is 1. The smallest absolute Gasteiger partial charge is 0.264 e. The Kier molecular flexibility index (Phi) is 8.16. The molecule has 0 aliphatic carbocycles. The largest absolute Gasteiger partial charge is 0.493 e. The fourth-order valence-electron chi connectivity index (χ4n) is 5.00. The number of aliphatic hydroxyl groups excluding tert-OH is 1. The average Bonchev–Trinajstić information content (AvgIpc) is 2.86. The zero-order valence-corrected chi connectivity index (χ0v) is 22.1. The van der Waals surface area contributed by atoms with Crippen molar-refractivity contribution in [2.75, 3.05) is 22.4 Å². The molecule has 2 heterocycles. The van der Waals surface area contributed by atoms with Gasteiger partial charge in [-0.2, -0.15) is 11.8 Å². The molecule has 7 heteroatoms. The van der Waals surface area contributed by atoms with Crippen molar-refractivity contribution in [2.45, 2.75) is 70.4 Å². The van der Waals surface area contributed by atoms with Gasteiger partial charge in [0.1, 0.15) is 5.75 Å². The van der Waals surface area contributed by atoms with Gasteiger partial charge in [0.25, 0.3) is 10.0 Å². The van der Waals surface area contributed by atoms with E-state index in [1.807, 2.05) is 23.9 Å². The first-order valence-electron chi connectivity index (χ1n) is 12.5. The van der Waals surface area contributed by atoms with Gasteiger partial charge in [0.05, 0.1) is 23.8 Å². The first kappa shape index (κ1) is 25.4. The normalized spacial score (nSPS) is 19.3. The van der Waals surface area contributed by atoms with E-state index in [1.54, 1.807) is 22.5 Å². The number of hydrogen-bond donors (Lipinski definition) is 1. The standard InChI is InChI=1S/C27H37NO4S2/c1-4-20-5-8-26-22(15-20)6-9-25(19(2)3)28(26)34(30,31)24-7-10-27(23(16-24)17-29)32-18-21-11-13-33-14-12-21/h5,7-8,10,15-16,19,21,25,29H,4,6,9,11-14,17-18H2,1-3H3. The number of ether oxygens (including phenoxy) is 1. The predicted octanol–water partition coefficient (Wildman–Crippen LogP) is 5.43. The summed E-state index contributed by atoms with van der Waals surface area (Å²) >= 11 is 1.98. The zero-order chi connectivity index (χ0) is 24.3. The quantitative estimate of drug-likeness (QED) is 0.520. The second-order valence-electron chi connectivity index (χ2n) is 9.76. The van der Waals surface area contributed by atoms with E-state index < -0.39 is 10.0 Å². The molecule has 5 nitrogen and oxygen atoms in total. The molecule has 4 rings (SSSR count). The van der Waals surface area contributed by atoms with Crippen LogP contribution in [0.2, 0.25) is 0 Å². The molecule has 0 saturated carbocycles. The number of benzene rings is 2. The molecule has 2 aromatic rings. The lowest BCUT2D eigenvalue weighted by molar-refractivity contribution is 0.226. The summed E-state index contributed by atoms with van der Waals surface area (Å²) < 4.78 is 35.7. The number of aliphatic hydroxyl groups is 1. The van der Waals surface area contributed by atoms with Crippen LogP contribution >= 0.6 is 11.8 Å². The van der Waals surface area contributed by atoms with Crippen LogP contribution in [0, 0.1) is 11.8 Å². The Morgan fingerprint density at radius 2 is 1.88 bits per heavy atom. The topological polar surface area (TPSA) is 66.8 Å². The monoisotopic (exact) mass is 503 g/mol. The van der Waals surface area contributed by atoms with Crippen LogP contribution in [0.4, 0.5) is 5.69 Å². The molecule has 0 aromatic heterocycles. The molecule has 0 bridgehead atoms. The van der Waals surface area contributed by atoms with E-state index in [0.717, 1.165) is 54.9 Å². The van der Waals surface area contributed by atoms with E-state index in [4.69, 9.17) is 4.74 Å². The van der Waals surface area contributed by atoms with Gasteiger partial charge in [-0.1, -0.05) is 32.9 Å². The minimum Gasteiger partial charge on any atom is -0.493 e. The third-order valence-corrected chi connectivity index (χ3v) is 10.0. The van der Waals surface area contributed by atoms with Crippen molar-refractivity contribution >= 4 is 27.5 Å². The lowest BCUT2D eigenvalue weighted by Gasteiger charge is -2.40. The lowest BCUT2D eigenvalue weighted by atomic mass is 9.90. The molecular weight excluding hydrogens is 466 g/mol. The van der Waals surface area contributed by atoms with Gasteiger partial charge in [-0.25, -0.2) is 8.42 Å². The molecular formula is C27H37NO4S2. The van der Waals surface area contributed by atoms with Crippen LogP contribution in [0.1, 0.15) is 56.7 Å². The molecule has 0 spiro atoms. The highest BCUT2D eigenvalue weighted by atomic mass is 32.2. The van der Waals surface area contributed by atoms with Crippen molar-refractivity contribution in [1.29, 1.82) is 0 Å². The van der Waals surface area contributed by atoms with E-state index in [2.05, 4.69) is 26.8 Å². The fraction of sp³-hybridized carbons (Fsp3) is 0.556. The Morgan fingerprint density at radius 1 is 1.12 bits per heavy atom. The summed E-state index contributed by atoms with van der Waals surface area (Å²) in [7, 11) is -3.81. The average molecular weight is 504 g/mol. The Labute approximate surface area is 209 Å². The van der Waals surface area contributed by atoms with Crippen molar-refractivity contribution < 1.29 is 18.3 Å². The van der Waals surface area contributed by atoms with Crippen molar-refractivity contribution in [3.63, 3.8) is 0 Å². The van der Waals surface area contributed by atoms with Crippen LogP contribution in [0.3, 0.4) is 0 Å². The molecule has 34 heavy (non-hydrogen) atoms. The Balaban J connectivity index is 1.65. The highest BCUT2D eigenvalue weighted by molar-refractivity contribution is 7.99. The van der Waals surface area contributed by atoms with Crippen LogP contribution in [0.25, 0.3) is 0 Å². The van der Waals surface area contributed by atoms with Gasteiger partial charge in [0, 0.05) is 11.6 Å². The van der Waals surface area contributed by atoms with Crippen LogP contribution in [0.15, 0.2) is 41.3 Å². The maximum Gasteiger partial charge on any atom is 0.264 e. The first-order chi connectivity index (χ1) is 16.3. The van der Waals surface area contributed by atoms with Gasteiger partial charge < -0.3 is 9.84 Å². The van der Waals surface area contributed by atoms with Gasteiger partial charge in [0.2, 0.25) is 0 Å². The molecule has 1 fully saturated rings. The summed E-state index contributed by atoms with van der Waals surface area (Å²) in [5.74, 6) is 3.59. The van der Waals surface area contributed by atoms with Crippen molar-refractivity contribution in [2.24, 2.45) is 11.8 Å². The van der Waals surface area contributed by atoms with Crippen LogP contribution in [-0.4, -0.2) is 37.7 Å². The maximum absolute atomic E-state index is 14.0. The summed E-state index contributed by atoms with van der Waals surface area (Å²) in [5.41, 5.74) is 3.61. The molecule has 186 valence electrons. The Morgan fingerprint density at radius 3 is 2.56 bits per heavy atom. The summed E-state index contributed by atoms with van der Waals surface area (Å²) in [6.07, 6.45) is 4.87. The third-order valence-electron chi connectivity index (χ3n) is 7.14. The van der Waals surface area contributed by atoms with Crippen LogP contribution in [0.5, 0.6) is 5.75 Å². The zero-order valence-electron chi connectivity index (χ0n) is 20.5. The second-order valence-corrected chi connectivity index (χ2v) is 12.8. The van der Waals surface area contributed by atoms with Gasteiger partial charge in [-0.3, -0.25) is 4.31 Å². The van der Waals surface area contributed by atoms with Crippen molar-refractivity contribution in [3.8, 4) is 5.75 Å². The number of sulfonamides is 1. The first-order valence-corrected chi connectivity index (χ1v) is 15.0. The van der Waals surface area contributed by atoms with Crippen LogP contribution in [-0.2, 0) is 29.5 Å². The van der Waals surface area contributed by atoms with Gasteiger partial charge in [0.15, 0.2) is 0 Å². The summed E-state index contributed by atoms with van der Waals surface area (Å²) in [6, 6.07) is 11.0. The van der Waals surface area contributed by atoms with Crippen LogP contribution < -0.4 is 9.04 Å². The molecule has 0 radical (unpaired) electrons. The molecule has 1 N–H and O–H groups in total. The number of hydrogen-bond acceptors (Lipinski definition) is 5. The van der Waals surface area contributed by atoms with E-state index >= 15 is 0 Å². The maximum atomic E-state index is 14.0. The van der Waals surface area contributed by atoms with E-state index in [1.165, 1.54) is 5.56 Å². The molecule has 2 aliphatic heterocycles. The molecule has 1 unspecified atom stereocenters. The summed E-state index contributed by atoms with van der Waals surface area (Å²) in [5, 5.41) is 10.0. The molecule has 1 atom stereocenters. The van der Waals surface area contributed by atoms with Crippen molar-refractivity contribution in [1.82, 2.24) is 0 Å². The van der Waals surface area contributed by atoms with E-state index in [-0.39, 0.29) is 23.5 Å². The Hall–Kier alpha value is -1.70. The number of aryl methyl sites for hydroxylation is 2. The SMILES string of the molecule is CCc1ccc2c(c1)CCC(C(C)C)N2S(=O)(=O)c1ccc(OCC2CCSCC2)c(CO)c1.